The average Bonchev–Trinajstić information content (AvgIpc) is 3.12. The molecule has 6 heteroatoms. The second kappa shape index (κ2) is 8.65. The highest BCUT2D eigenvalue weighted by atomic mass is 16.5. The molecule has 3 rings (SSSR count). The molecule has 6 nitrogen and oxygen atoms in total. The number of nitrogens with one attached hydrogen (secondary N) is 1. The fourth-order valence-corrected chi connectivity index (χ4v) is 3.25. The first-order valence-electron chi connectivity index (χ1n) is 9.88. The van der Waals surface area contributed by atoms with Gasteiger partial charge in [-0.1, -0.05) is 57.1 Å². The molecule has 0 unspecified atom stereocenters. The van der Waals surface area contributed by atoms with Crippen LogP contribution in [0.15, 0.2) is 28.8 Å². The lowest BCUT2D eigenvalue weighted by molar-refractivity contribution is -0.125. The molecule has 1 fully saturated rings. The number of carbonyl (C=O) groups excluding carboxylic acids is 1. The van der Waals surface area contributed by atoms with Crippen molar-refractivity contribution in [2.24, 2.45) is 5.92 Å². The molecule has 1 N–H and O–H groups in total. The molecule has 0 spiro atoms. The number of hydrogen-bond acceptors (Lipinski definition) is 5. The van der Waals surface area contributed by atoms with Crippen LogP contribution in [0.25, 0.3) is 11.4 Å². The van der Waals surface area contributed by atoms with E-state index in [1.54, 1.807) is 0 Å². The molecule has 1 amide bonds. The summed E-state index contributed by atoms with van der Waals surface area (Å²) in [6.45, 7) is 10.7. The molecule has 1 aromatic carbocycles. The van der Waals surface area contributed by atoms with E-state index < -0.39 is 0 Å². The van der Waals surface area contributed by atoms with Gasteiger partial charge in [-0.2, -0.15) is 4.98 Å². The lowest BCUT2D eigenvalue weighted by atomic mass is 10.0. The maximum Gasteiger partial charge on any atom is 0.241 e. The van der Waals surface area contributed by atoms with E-state index in [1.165, 1.54) is 5.56 Å². The minimum absolute atomic E-state index is 0.0365. The van der Waals surface area contributed by atoms with Crippen LogP contribution in [0.3, 0.4) is 0 Å². The molecule has 0 aliphatic carbocycles. The smallest absolute Gasteiger partial charge is 0.241 e. The van der Waals surface area contributed by atoms with Gasteiger partial charge in [-0.25, -0.2) is 0 Å². The normalized spacial score (nSPS) is 16.2. The Hall–Kier alpha value is -2.21. The number of aromatic nitrogens is 2. The molecule has 1 aliphatic rings. The van der Waals surface area contributed by atoms with Gasteiger partial charge in [0.2, 0.25) is 17.6 Å². The minimum atomic E-state index is 0.0365. The summed E-state index contributed by atoms with van der Waals surface area (Å²) in [5, 5.41) is 7.25. The second-order valence-electron chi connectivity index (χ2n) is 8.00. The summed E-state index contributed by atoms with van der Waals surface area (Å²) >= 11 is 0. The Morgan fingerprint density at radius 2 is 1.85 bits per heavy atom. The van der Waals surface area contributed by atoms with Gasteiger partial charge in [-0.05, 0) is 24.3 Å². The van der Waals surface area contributed by atoms with Gasteiger partial charge in [0.25, 0.3) is 0 Å². The van der Waals surface area contributed by atoms with E-state index in [4.69, 9.17) is 4.52 Å². The third-order valence-corrected chi connectivity index (χ3v) is 5.12. The highest BCUT2D eigenvalue weighted by molar-refractivity contribution is 5.78. The van der Waals surface area contributed by atoms with E-state index in [-0.39, 0.29) is 17.9 Å². The summed E-state index contributed by atoms with van der Waals surface area (Å²) in [5.41, 5.74) is 2.28. The molecular weight excluding hydrogens is 340 g/mol. The first kappa shape index (κ1) is 19.5. The molecule has 0 saturated carbocycles. The van der Waals surface area contributed by atoms with Crippen LogP contribution in [0.4, 0.5) is 0 Å². The zero-order chi connectivity index (χ0) is 19.4. The first-order chi connectivity index (χ1) is 12.9. The molecule has 146 valence electrons. The van der Waals surface area contributed by atoms with Crippen molar-refractivity contribution in [2.75, 3.05) is 13.1 Å². The Bertz CT molecular complexity index is 744. The van der Waals surface area contributed by atoms with Crippen LogP contribution >= 0.6 is 0 Å². The number of rotatable bonds is 6. The lowest BCUT2D eigenvalue weighted by Gasteiger charge is -2.31. The molecule has 0 atom stereocenters. The monoisotopic (exact) mass is 370 g/mol. The number of amides is 1. The van der Waals surface area contributed by atoms with Gasteiger partial charge in [0.15, 0.2) is 0 Å². The Morgan fingerprint density at radius 3 is 2.44 bits per heavy atom. The number of piperidine rings is 1. The van der Waals surface area contributed by atoms with E-state index in [0.29, 0.717) is 24.2 Å². The van der Waals surface area contributed by atoms with Gasteiger partial charge < -0.3 is 9.84 Å². The molecule has 0 bridgehead atoms. The van der Waals surface area contributed by atoms with Crippen LogP contribution in [0.5, 0.6) is 0 Å². The summed E-state index contributed by atoms with van der Waals surface area (Å²) in [7, 11) is 0. The van der Waals surface area contributed by atoms with Crippen molar-refractivity contribution in [1.82, 2.24) is 20.4 Å². The van der Waals surface area contributed by atoms with E-state index in [0.717, 1.165) is 31.5 Å². The van der Waals surface area contributed by atoms with Crippen molar-refractivity contribution < 1.29 is 9.32 Å². The minimum Gasteiger partial charge on any atom is -0.353 e. The predicted octanol–water partition coefficient (Wildman–Crippen LogP) is 3.60. The third kappa shape index (κ3) is 5.16. The SMILES string of the molecule is CC(C)C(=O)NC1CCN(Cc2nc(-c3ccc(C(C)C)cc3)no2)CC1. The van der Waals surface area contributed by atoms with E-state index >= 15 is 0 Å². The van der Waals surface area contributed by atoms with Crippen molar-refractivity contribution in [3.05, 3.63) is 35.7 Å². The molecule has 1 aromatic heterocycles. The zero-order valence-corrected chi connectivity index (χ0v) is 16.7. The van der Waals surface area contributed by atoms with Gasteiger partial charge in [-0.15, -0.1) is 0 Å². The van der Waals surface area contributed by atoms with Crippen molar-refractivity contribution in [3.8, 4) is 11.4 Å². The molecule has 1 saturated heterocycles. The summed E-state index contributed by atoms with van der Waals surface area (Å²) in [6, 6.07) is 8.60. The van der Waals surface area contributed by atoms with Crippen molar-refractivity contribution >= 4 is 5.91 Å². The Labute approximate surface area is 161 Å². The third-order valence-electron chi connectivity index (χ3n) is 5.12. The van der Waals surface area contributed by atoms with Crippen LogP contribution in [0.1, 0.15) is 57.9 Å². The summed E-state index contributed by atoms with van der Waals surface area (Å²) < 4.78 is 5.45. The van der Waals surface area contributed by atoms with Crippen LogP contribution in [0.2, 0.25) is 0 Å². The summed E-state index contributed by atoms with van der Waals surface area (Å²) in [6.07, 6.45) is 1.91. The van der Waals surface area contributed by atoms with E-state index in [9.17, 15) is 4.79 Å². The van der Waals surface area contributed by atoms with Crippen LogP contribution in [-0.4, -0.2) is 40.1 Å². The molecule has 2 aromatic rings. The van der Waals surface area contributed by atoms with Crippen molar-refractivity contribution in [3.63, 3.8) is 0 Å². The quantitative estimate of drug-likeness (QED) is 0.841. The fraction of sp³-hybridized carbons (Fsp3) is 0.571. The molecule has 1 aliphatic heterocycles. The van der Waals surface area contributed by atoms with Gasteiger partial charge in [-0.3, -0.25) is 9.69 Å². The summed E-state index contributed by atoms with van der Waals surface area (Å²) in [4.78, 5) is 18.7. The van der Waals surface area contributed by atoms with Crippen LogP contribution in [0, 0.1) is 5.92 Å². The standard InChI is InChI=1S/C21H30N4O2/c1-14(2)16-5-7-17(8-6-16)20-23-19(27-24-20)13-25-11-9-18(10-12-25)22-21(26)15(3)4/h5-8,14-15,18H,9-13H2,1-4H3,(H,22,26). The van der Waals surface area contributed by atoms with Gasteiger partial charge in [0.1, 0.15) is 0 Å². The number of benzene rings is 1. The van der Waals surface area contributed by atoms with Crippen molar-refractivity contribution in [2.45, 2.75) is 59.0 Å². The molecule has 27 heavy (non-hydrogen) atoms. The van der Waals surface area contributed by atoms with Crippen LogP contribution < -0.4 is 5.32 Å². The first-order valence-corrected chi connectivity index (χ1v) is 9.88. The number of likely N-dealkylation sites (tertiary alicyclic amines) is 1. The zero-order valence-electron chi connectivity index (χ0n) is 16.7. The largest absolute Gasteiger partial charge is 0.353 e. The lowest BCUT2D eigenvalue weighted by Crippen LogP contribution is -2.45. The Kier molecular flexibility index (Phi) is 6.26. The predicted molar refractivity (Wildman–Crippen MR) is 105 cm³/mol. The second-order valence-corrected chi connectivity index (χ2v) is 8.00. The maximum atomic E-state index is 11.8. The Morgan fingerprint density at radius 1 is 1.19 bits per heavy atom. The highest BCUT2D eigenvalue weighted by Gasteiger charge is 2.23. The van der Waals surface area contributed by atoms with Crippen molar-refractivity contribution in [1.29, 1.82) is 0 Å². The van der Waals surface area contributed by atoms with E-state index in [2.05, 4.69) is 46.3 Å². The highest BCUT2D eigenvalue weighted by Crippen LogP contribution is 2.21. The topological polar surface area (TPSA) is 71.3 Å². The molecule has 0 radical (unpaired) electrons. The van der Waals surface area contributed by atoms with Gasteiger partial charge in [0.05, 0.1) is 6.54 Å². The van der Waals surface area contributed by atoms with E-state index in [1.807, 2.05) is 26.0 Å². The Balaban J connectivity index is 1.52. The molecular formula is C21H30N4O2. The average molecular weight is 370 g/mol. The maximum absolute atomic E-state index is 11.8. The van der Waals surface area contributed by atoms with Crippen LogP contribution in [-0.2, 0) is 11.3 Å². The van der Waals surface area contributed by atoms with Gasteiger partial charge >= 0.3 is 0 Å². The number of carbonyl (C=O) groups is 1. The summed E-state index contributed by atoms with van der Waals surface area (Å²) in [5.74, 6) is 1.96. The number of hydrogen-bond donors (Lipinski definition) is 1. The fourth-order valence-electron chi connectivity index (χ4n) is 3.25. The number of nitrogens with zero attached hydrogens (tertiary/aromatic N) is 3. The van der Waals surface area contributed by atoms with Gasteiger partial charge in [0, 0.05) is 30.6 Å². The molecule has 2 heterocycles.